The van der Waals surface area contributed by atoms with Gasteiger partial charge in [-0.25, -0.2) is 10.2 Å². The third-order valence-corrected chi connectivity index (χ3v) is 4.46. The maximum absolute atomic E-state index is 12.4. The maximum atomic E-state index is 12.4. The molecule has 0 bridgehead atoms. The van der Waals surface area contributed by atoms with E-state index in [-0.39, 0.29) is 5.75 Å². The highest BCUT2D eigenvalue weighted by Crippen LogP contribution is 2.23. The molecule has 3 rings (SSSR count). The van der Waals surface area contributed by atoms with E-state index in [0.717, 1.165) is 0 Å². The van der Waals surface area contributed by atoms with Gasteiger partial charge in [0.2, 0.25) is 0 Å². The van der Waals surface area contributed by atoms with Gasteiger partial charge >= 0.3 is 5.97 Å². The number of amides is 1. The molecule has 0 unspecified atom stereocenters. The Morgan fingerprint density at radius 2 is 1.45 bits per heavy atom. The average Bonchev–Trinajstić information content (AvgIpc) is 2.80. The van der Waals surface area contributed by atoms with E-state index in [1.165, 1.54) is 6.21 Å². The SMILES string of the molecule is COc1ccc(C(=O)N/N=C/c2cc(Cl)ccc2OC(=O)c2ccc(OC)cc2)cc1. The van der Waals surface area contributed by atoms with Crippen molar-refractivity contribution < 1.29 is 23.8 Å². The Bertz CT molecular complexity index is 1100. The molecule has 0 aliphatic rings. The Kier molecular flexibility index (Phi) is 7.24. The number of hydrogen-bond acceptors (Lipinski definition) is 6. The van der Waals surface area contributed by atoms with Crippen LogP contribution in [0.15, 0.2) is 71.8 Å². The number of rotatable bonds is 7. The Labute approximate surface area is 184 Å². The number of esters is 1. The van der Waals surface area contributed by atoms with E-state index >= 15 is 0 Å². The highest BCUT2D eigenvalue weighted by Gasteiger charge is 2.12. The number of carbonyl (C=O) groups excluding carboxylic acids is 2. The zero-order valence-electron chi connectivity index (χ0n) is 16.8. The van der Waals surface area contributed by atoms with E-state index in [9.17, 15) is 9.59 Å². The fourth-order valence-corrected chi connectivity index (χ4v) is 2.75. The molecule has 0 atom stereocenters. The van der Waals surface area contributed by atoms with Gasteiger partial charge in [-0.2, -0.15) is 5.10 Å². The molecule has 0 aromatic heterocycles. The third kappa shape index (κ3) is 5.83. The van der Waals surface area contributed by atoms with Crippen LogP contribution in [0.25, 0.3) is 0 Å². The molecule has 0 aliphatic carbocycles. The van der Waals surface area contributed by atoms with Gasteiger partial charge in [0.25, 0.3) is 5.91 Å². The Balaban J connectivity index is 1.71. The Hall–Kier alpha value is -3.84. The van der Waals surface area contributed by atoms with Crippen LogP contribution in [0, 0.1) is 0 Å². The molecular formula is C23H19ClN2O5. The van der Waals surface area contributed by atoms with E-state index < -0.39 is 11.9 Å². The number of benzene rings is 3. The predicted octanol–water partition coefficient (Wildman–Crippen LogP) is 4.34. The molecule has 7 nitrogen and oxygen atoms in total. The van der Waals surface area contributed by atoms with Crippen LogP contribution in [-0.2, 0) is 0 Å². The third-order valence-electron chi connectivity index (χ3n) is 4.22. The van der Waals surface area contributed by atoms with Crippen LogP contribution in [0.1, 0.15) is 26.3 Å². The van der Waals surface area contributed by atoms with Crippen LogP contribution in [0.2, 0.25) is 5.02 Å². The van der Waals surface area contributed by atoms with E-state index in [1.54, 1.807) is 80.9 Å². The molecule has 3 aromatic carbocycles. The lowest BCUT2D eigenvalue weighted by Gasteiger charge is -2.08. The smallest absolute Gasteiger partial charge is 0.343 e. The van der Waals surface area contributed by atoms with Crippen molar-refractivity contribution in [2.24, 2.45) is 5.10 Å². The summed E-state index contributed by atoms with van der Waals surface area (Å²) in [6.45, 7) is 0. The van der Waals surface area contributed by atoms with Gasteiger partial charge in [-0.15, -0.1) is 0 Å². The number of hydrazone groups is 1. The van der Waals surface area contributed by atoms with Crippen molar-refractivity contribution in [2.45, 2.75) is 0 Å². The number of ether oxygens (including phenoxy) is 3. The number of halogens is 1. The van der Waals surface area contributed by atoms with Gasteiger partial charge in [0.1, 0.15) is 17.2 Å². The number of hydrogen-bond donors (Lipinski definition) is 1. The molecule has 0 heterocycles. The lowest BCUT2D eigenvalue weighted by atomic mass is 10.2. The maximum Gasteiger partial charge on any atom is 0.343 e. The summed E-state index contributed by atoms with van der Waals surface area (Å²) in [6.07, 6.45) is 1.35. The fraction of sp³-hybridized carbons (Fsp3) is 0.0870. The Morgan fingerprint density at radius 1 is 0.871 bits per heavy atom. The average molecular weight is 439 g/mol. The minimum atomic E-state index is -0.554. The molecule has 1 amide bonds. The number of carbonyl (C=O) groups is 2. The minimum absolute atomic E-state index is 0.243. The van der Waals surface area contributed by atoms with Crippen LogP contribution >= 0.6 is 11.6 Å². The molecule has 0 saturated carbocycles. The van der Waals surface area contributed by atoms with Gasteiger partial charge in [0, 0.05) is 16.1 Å². The molecule has 3 aromatic rings. The second kappa shape index (κ2) is 10.3. The lowest BCUT2D eigenvalue weighted by molar-refractivity contribution is 0.0734. The molecule has 1 N–H and O–H groups in total. The van der Waals surface area contributed by atoms with Gasteiger partial charge in [0.05, 0.1) is 26.0 Å². The van der Waals surface area contributed by atoms with Crippen molar-refractivity contribution in [1.82, 2.24) is 5.43 Å². The monoisotopic (exact) mass is 438 g/mol. The number of nitrogens with zero attached hydrogens (tertiary/aromatic N) is 1. The summed E-state index contributed by atoms with van der Waals surface area (Å²) in [5, 5.41) is 4.37. The fourth-order valence-electron chi connectivity index (χ4n) is 2.57. The Morgan fingerprint density at radius 3 is 2.03 bits per heavy atom. The molecular weight excluding hydrogens is 420 g/mol. The van der Waals surface area contributed by atoms with Crippen molar-refractivity contribution in [3.63, 3.8) is 0 Å². The largest absolute Gasteiger partial charge is 0.497 e. The van der Waals surface area contributed by atoms with Gasteiger partial charge in [-0.3, -0.25) is 4.79 Å². The summed E-state index contributed by atoms with van der Waals surface area (Å²) < 4.78 is 15.6. The van der Waals surface area contributed by atoms with Crippen LogP contribution in [0.4, 0.5) is 0 Å². The molecule has 31 heavy (non-hydrogen) atoms. The molecule has 0 aliphatic heterocycles. The zero-order valence-corrected chi connectivity index (χ0v) is 17.6. The summed E-state index contributed by atoms with van der Waals surface area (Å²) in [5.41, 5.74) is 3.61. The molecule has 0 radical (unpaired) electrons. The molecule has 0 saturated heterocycles. The van der Waals surface area contributed by atoms with E-state index in [0.29, 0.717) is 33.2 Å². The van der Waals surface area contributed by atoms with Crippen molar-refractivity contribution in [3.05, 3.63) is 88.4 Å². The summed E-state index contributed by atoms with van der Waals surface area (Å²) in [5.74, 6) is 0.554. The predicted molar refractivity (Wildman–Crippen MR) is 117 cm³/mol. The quantitative estimate of drug-likeness (QED) is 0.256. The number of methoxy groups -OCH3 is 2. The molecule has 8 heteroatoms. The van der Waals surface area contributed by atoms with Crippen molar-refractivity contribution in [3.8, 4) is 17.2 Å². The first-order chi connectivity index (χ1) is 15.0. The van der Waals surface area contributed by atoms with Crippen LogP contribution < -0.4 is 19.6 Å². The minimum Gasteiger partial charge on any atom is -0.497 e. The topological polar surface area (TPSA) is 86.2 Å². The molecule has 158 valence electrons. The van der Waals surface area contributed by atoms with Crippen molar-refractivity contribution >= 4 is 29.7 Å². The standard InChI is InChI=1S/C23H19ClN2O5/c1-29-19-8-3-15(4-9-19)22(27)26-25-14-17-13-18(24)7-12-21(17)31-23(28)16-5-10-20(30-2)11-6-16/h3-14H,1-2H3,(H,26,27)/b25-14+. The normalized spacial score (nSPS) is 10.5. The second-order valence-corrected chi connectivity index (χ2v) is 6.66. The molecule has 0 spiro atoms. The van der Waals surface area contributed by atoms with Crippen LogP contribution in [0.3, 0.4) is 0 Å². The van der Waals surface area contributed by atoms with Gasteiger partial charge in [-0.05, 0) is 66.7 Å². The number of nitrogens with one attached hydrogen (secondary N) is 1. The summed E-state index contributed by atoms with van der Waals surface area (Å²) in [6, 6.07) is 17.8. The first-order valence-corrected chi connectivity index (χ1v) is 9.51. The van der Waals surface area contributed by atoms with Crippen molar-refractivity contribution in [2.75, 3.05) is 14.2 Å². The highest BCUT2D eigenvalue weighted by molar-refractivity contribution is 6.31. The van der Waals surface area contributed by atoms with Crippen LogP contribution in [-0.4, -0.2) is 32.3 Å². The summed E-state index contributed by atoms with van der Waals surface area (Å²) in [7, 11) is 3.09. The summed E-state index contributed by atoms with van der Waals surface area (Å²) in [4.78, 5) is 24.7. The molecule has 0 fully saturated rings. The second-order valence-electron chi connectivity index (χ2n) is 6.23. The summed E-state index contributed by atoms with van der Waals surface area (Å²) >= 11 is 6.05. The van der Waals surface area contributed by atoms with Gasteiger partial charge in [0.15, 0.2) is 0 Å². The van der Waals surface area contributed by atoms with E-state index in [4.69, 9.17) is 25.8 Å². The zero-order chi connectivity index (χ0) is 22.2. The first kappa shape index (κ1) is 21.9. The van der Waals surface area contributed by atoms with Crippen LogP contribution in [0.5, 0.6) is 17.2 Å². The van der Waals surface area contributed by atoms with E-state index in [2.05, 4.69) is 10.5 Å². The van der Waals surface area contributed by atoms with Crippen molar-refractivity contribution in [1.29, 1.82) is 0 Å². The first-order valence-electron chi connectivity index (χ1n) is 9.13. The van der Waals surface area contributed by atoms with Gasteiger partial charge in [-0.1, -0.05) is 11.6 Å². The highest BCUT2D eigenvalue weighted by atomic mass is 35.5. The van der Waals surface area contributed by atoms with Gasteiger partial charge < -0.3 is 14.2 Å². The van der Waals surface area contributed by atoms with E-state index in [1.807, 2.05) is 0 Å². The lowest BCUT2D eigenvalue weighted by Crippen LogP contribution is -2.17.